The molecule has 0 aromatic heterocycles. The predicted octanol–water partition coefficient (Wildman–Crippen LogP) is 6.98. The standard InChI is InChI=1S/C33H38Cl2FN3O5S/c1-3-31(33(41)37-26-8-6-5-7-9-26)38(21-23-10-11-24(34)20-30(23)35)32(40)22-39(27-14-12-25(36)13-15-27)45(42,43)29-18-16-28(17-19-29)44-4-2/h10-20,26,31H,3-9,21-22H2,1-2H3,(H,37,41)/t31-/m0/s1. The van der Waals surface area contributed by atoms with E-state index in [1.807, 2.05) is 6.92 Å². The zero-order chi connectivity index (χ0) is 32.6. The third-order valence-corrected chi connectivity index (χ3v) is 10.2. The van der Waals surface area contributed by atoms with Crippen molar-refractivity contribution in [3.05, 3.63) is 88.2 Å². The number of halogens is 3. The minimum Gasteiger partial charge on any atom is -0.494 e. The average Bonchev–Trinajstić information content (AvgIpc) is 3.02. The largest absolute Gasteiger partial charge is 0.494 e. The van der Waals surface area contributed by atoms with Crippen molar-refractivity contribution in [1.29, 1.82) is 0 Å². The zero-order valence-corrected chi connectivity index (χ0v) is 27.7. The van der Waals surface area contributed by atoms with E-state index in [0.29, 0.717) is 28.0 Å². The molecular weight excluding hydrogens is 640 g/mol. The number of hydrogen-bond donors (Lipinski definition) is 1. The van der Waals surface area contributed by atoms with Crippen LogP contribution in [0, 0.1) is 5.82 Å². The third kappa shape index (κ3) is 8.89. The van der Waals surface area contributed by atoms with Gasteiger partial charge in [0.15, 0.2) is 0 Å². The van der Waals surface area contributed by atoms with Crippen LogP contribution in [-0.2, 0) is 26.2 Å². The molecule has 1 aliphatic carbocycles. The van der Waals surface area contributed by atoms with Crippen LogP contribution in [0.4, 0.5) is 10.1 Å². The second kappa shape index (κ2) is 15.8. The molecule has 3 aromatic rings. The van der Waals surface area contributed by atoms with Gasteiger partial charge in [-0.15, -0.1) is 0 Å². The quantitative estimate of drug-likeness (QED) is 0.211. The molecule has 2 amide bonds. The van der Waals surface area contributed by atoms with Gasteiger partial charge in [-0.1, -0.05) is 55.5 Å². The van der Waals surface area contributed by atoms with Crippen LogP contribution >= 0.6 is 23.2 Å². The first-order valence-electron chi connectivity index (χ1n) is 15.1. The summed E-state index contributed by atoms with van der Waals surface area (Å²) in [5.74, 6) is -1.02. The number of amides is 2. The fourth-order valence-electron chi connectivity index (χ4n) is 5.44. The molecule has 1 atom stereocenters. The van der Waals surface area contributed by atoms with Gasteiger partial charge in [0.1, 0.15) is 24.2 Å². The van der Waals surface area contributed by atoms with Crippen LogP contribution in [0.15, 0.2) is 71.6 Å². The number of hydrogen-bond acceptors (Lipinski definition) is 5. The number of benzene rings is 3. The molecule has 12 heteroatoms. The Morgan fingerprint density at radius 3 is 2.24 bits per heavy atom. The second-order valence-corrected chi connectivity index (χ2v) is 13.6. The van der Waals surface area contributed by atoms with Crippen LogP contribution < -0.4 is 14.4 Å². The highest BCUT2D eigenvalue weighted by Crippen LogP contribution is 2.28. The molecule has 0 unspecified atom stereocenters. The van der Waals surface area contributed by atoms with Crippen molar-refractivity contribution in [2.75, 3.05) is 17.5 Å². The van der Waals surface area contributed by atoms with Crippen LogP contribution in [0.1, 0.15) is 57.9 Å². The third-order valence-electron chi connectivity index (χ3n) is 7.81. The van der Waals surface area contributed by atoms with Crippen molar-refractivity contribution in [2.45, 2.75) is 75.9 Å². The van der Waals surface area contributed by atoms with E-state index in [1.54, 1.807) is 25.1 Å². The maximum Gasteiger partial charge on any atom is 0.264 e. The topological polar surface area (TPSA) is 96.0 Å². The lowest BCUT2D eigenvalue weighted by atomic mass is 9.95. The molecule has 0 radical (unpaired) electrons. The Kier molecular flexibility index (Phi) is 12.1. The van der Waals surface area contributed by atoms with Crippen molar-refractivity contribution in [3.8, 4) is 5.75 Å². The molecule has 4 rings (SSSR count). The zero-order valence-electron chi connectivity index (χ0n) is 25.3. The fraction of sp³-hybridized carbons (Fsp3) is 0.394. The van der Waals surface area contributed by atoms with E-state index >= 15 is 0 Å². The first kappa shape index (κ1) is 34.5. The summed E-state index contributed by atoms with van der Waals surface area (Å²) in [5, 5.41) is 3.82. The van der Waals surface area contributed by atoms with Gasteiger partial charge >= 0.3 is 0 Å². The number of anilines is 1. The van der Waals surface area contributed by atoms with Crippen LogP contribution in [0.25, 0.3) is 0 Å². The van der Waals surface area contributed by atoms with Crippen LogP contribution in [0.2, 0.25) is 10.0 Å². The van der Waals surface area contributed by atoms with Gasteiger partial charge in [0.25, 0.3) is 10.0 Å². The predicted molar refractivity (Wildman–Crippen MR) is 175 cm³/mol. The minimum atomic E-state index is -4.33. The number of carbonyl (C=O) groups excluding carboxylic acids is 2. The molecule has 0 spiro atoms. The van der Waals surface area contributed by atoms with E-state index in [2.05, 4.69) is 5.32 Å². The summed E-state index contributed by atoms with van der Waals surface area (Å²) in [6.07, 6.45) is 5.14. The molecule has 0 heterocycles. The van der Waals surface area contributed by atoms with Crippen molar-refractivity contribution in [1.82, 2.24) is 10.2 Å². The molecule has 0 bridgehead atoms. The average molecular weight is 679 g/mol. The van der Waals surface area contributed by atoms with Crippen molar-refractivity contribution < 1.29 is 27.1 Å². The summed E-state index contributed by atoms with van der Waals surface area (Å²) in [6.45, 7) is 3.30. The van der Waals surface area contributed by atoms with Gasteiger partial charge in [-0.2, -0.15) is 0 Å². The van der Waals surface area contributed by atoms with Gasteiger partial charge in [0, 0.05) is 22.6 Å². The van der Waals surface area contributed by atoms with Gasteiger partial charge in [0.2, 0.25) is 11.8 Å². The highest BCUT2D eigenvalue weighted by molar-refractivity contribution is 7.92. The number of rotatable bonds is 13. The van der Waals surface area contributed by atoms with Crippen molar-refractivity contribution >= 4 is 50.7 Å². The molecule has 0 saturated heterocycles. The molecule has 8 nitrogen and oxygen atoms in total. The van der Waals surface area contributed by atoms with E-state index in [4.69, 9.17) is 27.9 Å². The van der Waals surface area contributed by atoms with Crippen LogP contribution in [0.5, 0.6) is 5.75 Å². The Bertz CT molecular complexity index is 1570. The fourth-order valence-corrected chi connectivity index (χ4v) is 7.32. The summed E-state index contributed by atoms with van der Waals surface area (Å²) in [5.41, 5.74) is 0.629. The maximum atomic E-state index is 14.3. The van der Waals surface area contributed by atoms with E-state index in [9.17, 15) is 22.4 Å². The maximum absolute atomic E-state index is 14.3. The van der Waals surface area contributed by atoms with E-state index < -0.39 is 34.3 Å². The Morgan fingerprint density at radius 2 is 1.64 bits per heavy atom. The lowest BCUT2D eigenvalue weighted by Gasteiger charge is -2.34. The number of nitrogens with zero attached hydrogens (tertiary/aromatic N) is 2. The molecule has 242 valence electrons. The molecule has 3 aromatic carbocycles. The van der Waals surface area contributed by atoms with Crippen LogP contribution in [-0.4, -0.2) is 50.4 Å². The molecule has 45 heavy (non-hydrogen) atoms. The number of ether oxygens (including phenoxy) is 1. The van der Waals surface area contributed by atoms with E-state index in [0.717, 1.165) is 48.5 Å². The SMILES string of the molecule is CCOc1ccc(S(=O)(=O)N(CC(=O)N(Cc2ccc(Cl)cc2Cl)[C@@H](CC)C(=O)NC2CCCCC2)c2ccc(F)cc2)cc1. The van der Waals surface area contributed by atoms with Crippen LogP contribution in [0.3, 0.4) is 0 Å². The highest BCUT2D eigenvalue weighted by Gasteiger charge is 2.34. The van der Waals surface area contributed by atoms with Gasteiger partial charge in [-0.25, -0.2) is 12.8 Å². The smallest absolute Gasteiger partial charge is 0.264 e. The van der Waals surface area contributed by atoms with E-state index in [-0.39, 0.29) is 35.5 Å². The lowest BCUT2D eigenvalue weighted by molar-refractivity contribution is -0.140. The summed E-state index contributed by atoms with van der Waals surface area (Å²) in [4.78, 5) is 29.2. The summed E-state index contributed by atoms with van der Waals surface area (Å²) < 4.78 is 48.3. The Labute approximate surface area is 274 Å². The van der Waals surface area contributed by atoms with Gasteiger partial charge in [-0.3, -0.25) is 13.9 Å². The molecule has 1 aliphatic rings. The normalized spacial score (nSPS) is 14.4. The first-order chi connectivity index (χ1) is 21.5. The molecule has 1 N–H and O–H groups in total. The number of nitrogens with one attached hydrogen (secondary N) is 1. The van der Waals surface area contributed by atoms with E-state index in [1.165, 1.54) is 41.3 Å². The second-order valence-electron chi connectivity index (χ2n) is 10.9. The number of sulfonamides is 1. The number of carbonyl (C=O) groups is 2. The monoisotopic (exact) mass is 677 g/mol. The Hall–Kier alpha value is -3.34. The molecule has 1 fully saturated rings. The Balaban J connectivity index is 1.71. The van der Waals surface area contributed by atoms with Gasteiger partial charge in [-0.05, 0) is 92.4 Å². The van der Waals surface area contributed by atoms with Gasteiger partial charge in [0.05, 0.1) is 17.2 Å². The molecular formula is C33H38Cl2FN3O5S. The van der Waals surface area contributed by atoms with Crippen molar-refractivity contribution in [2.24, 2.45) is 0 Å². The Morgan fingerprint density at radius 1 is 0.978 bits per heavy atom. The minimum absolute atomic E-state index is 0.00660. The molecule has 0 aliphatic heterocycles. The first-order valence-corrected chi connectivity index (χ1v) is 17.3. The summed E-state index contributed by atoms with van der Waals surface area (Å²) in [6, 6.07) is 14.6. The summed E-state index contributed by atoms with van der Waals surface area (Å²) >= 11 is 12.6. The lowest BCUT2D eigenvalue weighted by Crippen LogP contribution is -2.54. The van der Waals surface area contributed by atoms with Crippen molar-refractivity contribution in [3.63, 3.8) is 0 Å². The molecule has 1 saturated carbocycles. The summed E-state index contributed by atoms with van der Waals surface area (Å²) in [7, 11) is -4.33. The highest BCUT2D eigenvalue weighted by atomic mass is 35.5. The van der Waals surface area contributed by atoms with Gasteiger partial charge < -0.3 is 15.0 Å².